The SMILES string of the molecule is C#CC(CCC)NC(=O)Nc1ccc(Cl)cc1C(=O)O. The highest BCUT2D eigenvalue weighted by atomic mass is 35.5. The molecule has 106 valence electrons. The van der Waals surface area contributed by atoms with E-state index >= 15 is 0 Å². The average Bonchev–Trinajstić information content (AvgIpc) is 2.40. The van der Waals surface area contributed by atoms with Gasteiger partial charge in [-0.25, -0.2) is 9.59 Å². The van der Waals surface area contributed by atoms with E-state index in [1.165, 1.54) is 18.2 Å². The minimum Gasteiger partial charge on any atom is -0.478 e. The van der Waals surface area contributed by atoms with Crippen molar-refractivity contribution in [3.8, 4) is 12.3 Å². The molecule has 1 aromatic carbocycles. The van der Waals surface area contributed by atoms with E-state index in [1.54, 1.807) is 0 Å². The first kappa shape index (κ1) is 15.9. The fraction of sp³-hybridized carbons (Fsp3) is 0.286. The molecule has 1 aromatic rings. The van der Waals surface area contributed by atoms with Crippen molar-refractivity contribution in [2.75, 3.05) is 5.32 Å². The highest BCUT2D eigenvalue weighted by molar-refractivity contribution is 6.31. The molecule has 1 unspecified atom stereocenters. The zero-order valence-electron chi connectivity index (χ0n) is 10.9. The fourth-order valence-electron chi connectivity index (χ4n) is 1.60. The topological polar surface area (TPSA) is 78.4 Å². The van der Waals surface area contributed by atoms with Gasteiger partial charge in [-0.2, -0.15) is 0 Å². The molecule has 1 atom stereocenters. The second-order valence-electron chi connectivity index (χ2n) is 4.10. The van der Waals surface area contributed by atoms with E-state index in [0.717, 1.165) is 6.42 Å². The van der Waals surface area contributed by atoms with Crippen molar-refractivity contribution in [3.05, 3.63) is 28.8 Å². The third kappa shape index (κ3) is 4.48. The van der Waals surface area contributed by atoms with Gasteiger partial charge in [0.05, 0.1) is 17.3 Å². The minimum atomic E-state index is -1.18. The molecule has 2 amide bonds. The van der Waals surface area contributed by atoms with E-state index in [9.17, 15) is 9.59 Å². The highest BCUT2D eigenvalue weighted by Crippen LogP contribution is 2.20. The Morgan fingerprint density at radius 3 is 2.75 bits per heavy atom. The Bertz CT molecular complexity index is 552. The minimum absolute atomic E-state index is 0.0830. The number of benzene rings is 1. The lowest BCUT2D eigenvalue weighted by molar-refractivity contribution is 0.0698. The van der Waals surface area contributed by atoms with Crippen molar-refractivity contribution >= 4 is 29.3 Å². The Hall–Kier alpha value is -2.19. The standard InChI is InChI=1S/C14H15ClN2O3/c1-3-5-10(4-2)16-14(20)17-12-7-6-9(15)8-11(12)13(18)19/h2,6-8,10H,3,5H2,1H3,(H,18,19)(H2,16,17,20). The number of carboxylic acids is 1. The maximum absolute atomic E-state index is 11.8. The van der Waals surface area contributed by atoms with Gasteiger partial charge in [0.25, 0.3) is 0 Å². The maximum atomic E-state index is 11.8. The van der Waals surface area contributed by atoms with Crippen molar-refractivity contribution in [1.82, 2.24) is 5.32 Å². The molecule has 0 radical (unpaired) electrons. The van der Waals surface area contributed by atoms with E-state index < -0.39 is 12.0 Å². The van der Waals surface area contributed by atoms with Crippen molar-refractivity contribution in [3.63, 3.8) is 0 Å². The van der Waals surface area contributed by atoms with Gasteiger partial charge in [-0.1, -0.05) is 30.9 Å². The van der Waals surface area contributed by atoms with Crippen LogP contribution in [0.25, 0.3) is 0 Å². The highest BCUT2D eigenvalue weighted by Gasteiger charge is 2.14. The smallest absolute Gasteiger partial charge is 0.337 e. The summed E-state index contributed by atoms with van der Waals surface area (Å²) in [5.41, 5.74) is 0.0760. The van der Waals surface area contributed by atoms with Crippen molar-refractivity contribution in [1.29, 1.82) is 0 Å². The summed E-state index contributed by atoms with van der Waals surface area (Å²) >= 11 is 5.73. The summed E-state index contributed by atoms with van der Waals surface area (Å²) in [6, 6.07) is 3.25. The van der Waals surface area contributed by atoms with Crippen LogP contribution in [0.4, 0.5) is 10.5 Å². The average molecular weight is 295 g/mol. The summed E-state index contributed by atoms with van der Waals surface area (Å²) in [4.78, 5) is 22.8. The van der Waals surface area contributed by atoms with Crippen molar-refractivity contribution in [2.24, 2.45) is 0 Å². The number of terminal acetylenes is 1. The summed E-state index contributed by atoms with van der Waals surface area (Å²) < 4.78 is 0. The number of aromatic carboxylic acids is 1. The number of hydrogen-bond acceptors (Lipinski definition) is 2. The first-order chi connectivity index (χ1) is 9.47. The number of hydrogen-bond donors (Lipinski definition) is 3. The van der Waals surface area contributed by atoms with Gasteiger partial charge in [0.15, 0.2) is 0 Å². The molecular formula is C14H15ClN2O3. The van der Waals surface area contributed by atoms with Gasteiger partial charge in [-0.3, -0.25) is 0 Å². The van der Waals surface area contributed by atoms with Gasteiger partial charge in [0.2, 0.25) is 0 Å². The first-order valence-electron chi connectivity index (χ1n) is 6.04. The molecule has 0 heterocycles. The van der Waals surface area contributed by atoms with Gasteiger partial charge < -0.3 is 15.7 Å². The molecule has 3 N–H and O–H groups in total. The van der Waals surface area contributed by atoms with Crippen molar-refractivity contribution < 1.29 is 14.7 Å². The van der Waals surface area contributed by atoms with Gasteiger partial charge >= 0.3 is 12.0 Å². The van der Waals surface area contributed by atoms with Crippen LogP contribution in [0, 0.1) is 12.3 Å². The first-order valence-corrected chi connectivity index (χ1v) is 6.42. The largest absolute Gasteiger partial charge is 0.478 e. The molecule has 0 aliphatic carbocycles. The molecule has 0 fully saturated rings. The molecule has 0 bridgehead atoms. The number of carbonyl (C=O) groups is 2. The molecule has 0 spiro atoms. The number of anilines is 1. The quantitative estimate of drug-likeness (QED) is 0.731. The summed E-state index contributed by atoms with van der Waals surface area (Å²) in [5.74, 6) is 1.28. The van der Waals surface area contributed by atoms with Crippen LogP contribution in [0.15, 0.2) is 18.2 Å². The molecule has 0 aromatic heterocycles. The summed E-state index contributed by atoms with van der Waals surface area (Å²) in [7, 11) is 0. The monoisotopic (exact) mass is 294 g/mol. The van der Waals surface area contributed by atoms with E-state index in [-0.39, 0.29) is 22.3 Å². The summed E-state index contributed by atoms with van der Waals surface area (Å²) in [6.07, 6.45) is 6.77. The Morgan fingerprint density at radius 1 is 1.50 bits per heavy atom. The van der Waals surface area contributed by atoms with Gasteiger partial charge in [0.1, 0.15) is 0 Å². The number of nitrogens with one attached hydrogen (secondary N) is 2. The number of amides is 2. The van der Waals surface area contributed by atoms with Gasteiger partial charge in [-0.05, 0) is 24.6 Å². The fourth-order valence-corrected chi connectivity index (χ4v) is 1.78. The molecule has 6 heteroatoms. The third-order valence-electron chi connectivity index (χ3n) is 2.54. The second kappa shape index (κ2) is 7.41. The van der Waals surface area contributed by atoms with E-state index in [4.69, 9.17) is 23.1 Å². The predicted octanol–water partition coefficient (Wildman–Crippen LogP) is 2.96. The lowest BCUT2D eigenvalue weighted by atomic mass is 10.1. The van der Waals surface area contributed by atoms with Crippen LogP contribution in [0.3, 0.4) is 0 Å². The number of urea groups is 1. The summed E-state index contributed by atoms with van der Waals surface area (Å²) in [6.45, 7) is 1.95. The van der Waals surface area contributed by atoms with Gasteiger partial charge in [-0.15, -0.1) is 6.42 Å². The lowest BCUT2D eigenvalue weighted by Gasteiger charge is -2.14. The summed E-state index contributed by atoms with van der Waals surface area (Å²) in [5, 5.41) is 14.4. The Labute approximate surface area is 122 Å². The van der Waals surface area contributed by atoms with Crippen LogP contribution >= 0.6 is 11.6 Å². The van der Waals surface area contributed by atoms with Crippen LogP contribution in [0.5, 0.6) is 0 Å². The van der Waals surface area contributed by atoms with Crippen LogP contribution in [-0.2, 0) is 0 Å². The Balaban J connectivity index is 2.81. The normalized spacial score (nSPS) is 11.2. The number of carbonyl (C=O) groups excluding carboxylic acids is 1. The molecule has 0 aliphatic rings. The third-order valence-corrected chi connectivity index (χ3v) is 2.78. The molecular weight excluding hydrogens is 280 g/mol. The van der Waals surface area contributed by atoms with Crippen LogP contribution in [0.1, 0.15) is 30.1 Å². The zero-order chi connectivity index (χ0) is 15.1. The Kier molecular flexibility index (Phi) is 5.88. The molecule has 0 saturated carbocycles. The van der Waals surface area contributed by atoms with Crippen LogP contribution < -0.4 is 10.6 Å². The number of halogens is 1. The van der Waals surface area contributed by atoms with Crippen LogP contribution in [-0.4, -0.2) is 23.1 Å². The van der Waals surface area contributed by atoms with E-state index in [0.29, 0.717) is 6.42 Å². The molecule has 1 rings (SSSR count). The molecule has 0 aliphatic heterocycles. The number of rotatable bonds is 5. The van der Waals surface area contributed by atoms with Gasteiger partial charge in [0, 0.05) is 5.02 Å². The van der Waals surface area contributed by atoms with E-state index in [2.05, 4.69) is 16.6 Å². The van der Waals surface area contributed by atoms with E-state index in [1.807, 2.05) is 6.92 Å². The van der Waals surface area contributed by atoms with Crippen molar-refractivity contribution in [2.45, 2.75) is 25.8 Å². The Morgan fingerprint density at radius 2 is 2.20 bits per heavy atom. The van der Waals surface area contributed by atoms with Crippen LogP contribution in [0.2, 0.25) is 5.02 Å². The predicted molar refractivity (Wildman–Crippen MR) is 78.1 cm³/mol. The molecule has 0 saturated heterocycles. The molecule has 20 heavy (non-hydrogen) atoms. The maximum Gasteiger partial charge on any atom is 0.337 e. The second-order valence-corrected chi connectivity index (χ2v) is 4.54. The molecule has 5 nitrogen and oxygen atoms in total. The lowest BCUT2D eigenvalue weighted by Crippen LogP contribution is -2.37. The zero-order valence-corrected chi connectivity index (χ0v) is 11.7. The number of carboxylic acid groups (broad SMARTS) is 1.